The highest BCUT2D eigenvalue weighted by molar-refractivity contribution is 6.70. The Labute approximate surface area is 136 Å². The van der Waals surface area contributed by atoms with Crippen molar-refractivity contribution in [3.8, 4) is 0 Å². The van der Waals surface area contributed by atoms with Crippen molar-refractivity contribution in [1.29, 1.82) is 0 Å². The van der Waals surface area contributed by atoms with Crippen molar-refractivity contribution in [3.63, 3.8) is 0 Å². The molecule has 1 unspecified atom stereocenters. The van der Waals surface area contributed by atoms with E-state index in [0.29, 0.717) is 6.61 Å². The van der Waals surface area contributed by atoms with E-state index in [1.54, 1.807) is 7.11 Å². The first kappa shape index (κ1) is 20.2. The van der Waals surface area contributed by atoms with Gasteiger partial charge in [0.1, 0.15) is 24.4 Å². The lowest BCUT2D eigenvalue weighted by atomic mass is 9.99. The molecule has 1 aliphatic rings. The first-order valence-corrected chi connectivity index (χ1v) is 14.5. The fourth-order valence-corrected chi connectivity index (χ4v) is 4.20. The monoisotopic (exact) mass is 352 g/mol. The Morgan fingerprint density at radius 1 is 0.864 bits per heavy atom. The molecule has 6 nitrogen and oxygen atoms in total. The quantitative estimate of drug-likeness (QED) is 0.705. The topological polar surface area (TPSA) is 66.4 Å². The van der Waals surface area contributed by atoms with Crippen molar-refractivity contribution in [2.45, 2.75) is 70.0 Å². The molecule has 0 amide bonds. The summed E-state index contributed by atoms with van der Waals surface area (Å²) in [6, 6.07) is 0. The Balaban J connectivity index is 2.94. The van der Waals surface area contributed by atoms with Crippen LogP contribution in [0.4, 0.5) is 0 Å². The number of hydrogen-bond donors (Lipinski definition) is 1. The molecule has 5 atom stereocenters. The number of rotatable bonds is 7. The van der Waals surface area contributed by atoms with E-state index in [2.05, 4.69) is 39.3 Å². The van der Waals surface area contributed by atoms with E-state index < -0.39 is 35.1 Å². The van der Waals surface area contributed by atoms with Crippen molar-refractivity contribution >= 4 is 16.6 Å². The van der Waals surface area contributed by atoms with Crippen molar-refractivity contribution in [2.75, 3.05) is 20.8 Å². The summed E-state index contributed by atoms with van der Waals surface area (Å²) in [7, 11) is -0.374. The molecule has 1 rings (SSSR count). The molecule has 0 aliphatic carbocycles. The van der Waals surface area contributed by atoms with Crippen LogP contribution in [0, 0.1) is 0 Å². The zero-order chi connectivity index (χ0) is 17.1. The fraction of sp³-hybridized carbons (Fsp3) is 1.00. The lowest BCUT2D eigenvalue weighted by Gasteiger charge is -2.46. The minimum Gasteiger partial charge on any atom is -0.415 e. The third-order valence-electron chi connectivity index (χ3n) is 3.32. The molecule has 1 N–H and O–H groups in total. The van der Waals surface area contributed by atoms with Crippen LogP contribution >= 0.6 is 0 Å². The van der Waals surface area contributed by atoms with Crippen LogP contribution in [0.2, 0.25) is 39.3 Å². The van der Waals surface area contributed by atoms with Crippen molar-refractivity contribution in [3.05, 3.63) is 0 Å². The summed E-state index contributed by atoms with van der Waals surface area (Å²) in [5, 5.41) is 10.2. The molecule has 0 radical (unpaired) electrons. The van der Waals surface area contributed by atoms with Crippen molar-refractivity contribution in [1.82, 2.24) is 0 Å². The van der Waals surface area contributed by atoms with Gasteiger partial charge in [-0.2, -0.15) is 0 Å². The summed E-state index contributed by atoms with van der Waals surface area (Å²) >= 11 is 0. The average Bonchev–Trinajstić information content (AvgIpc) is 2.35. The van der Waals surface area contributed by atoms with E-state index >= 15 is 0 Å². The predicted molar refractivity (Wildman–Crippen MR) is 90.0 cm³/mol. The van der Waals surface area contributed by atoms with Gasteiger partial charge in [-0.05, 0) is 39.3 Å². The Hall–Kier alpha value is 0.194. The standard InChI is InChI=1S/C14H32O6Si2/c1-16-12-11(20-22(6,7)8)10(9-18-21(3,4)5)19-14(15)13(12)17-2/h10-15H,9H2,1-8H3/t10-,11-,12+,13-,14?/m1/s1. The second-order valence-electron chi connectivity index (χ2n) is 7.58. The van der Waals surface area contributed by atoms with Crippen LogP contribution in [-0.2, 0) is 23.1 Å². The van der Waals surface area contributed by atoms with Crippen LogP contribution in [0.5, 0.6) is 0 Å². The van der Waals surface area contributed by atoms with E-state index in [1.807, 2.05) is 0 Å². The number of hydrogen-bond acceptors (Lipinski definition) is 6. The number of aliphatic hydroxyl groups is 1. The van der Waals surface area contributed by atoms with Gasteiger partial charge in [0.05, 0.1) is 6.61 Å². The summed E-state index contributed by atoms with van der Waals surface area (Å²) in [6.45, 7) is 13.1. The third-order valence-corrected chi connectivity index (χ3v) is 5.34. The lowest BCUT2D eigenvalue weighted by molar-refractivity contribution is -0.291. The first-order valence-electron chi connectivity index (χ1n) is 7.69. The molecule has 0 saturated carbocycles. The third kappa shape index (κ3) is 6.01. The Morgan fingerprint density at radius 2 is 1.41 bits per heavy atom. The summed E-state index contributed by atoms with van der Waals surface area (Å²) in [5.41, 5.74) is 0. The van der Waals surface area contributed by atoms with Gasteiger partial charge in [0.2, 0.25) is 0 Å². The number of aliphatic hydroxyl groups excluding tert-OH is 1. The lowest BCUT2D eigenvalue weighted by Crippen LogP contribution is -2.62. The maximum absolute atomic E-state index is 10.2. The first-order chi connectivity index (χ1) is 9.98. The summed E-state index contributed by atoms with van der Waals surface area (Å²) < 4.78 is 28.9. The molecule has 0 spiro atoms. The van der Waals surface area contributed by atoms with E-state index in [9.17, 15) is 5.11 Å². The zero-order valence-corrected chi connectivity index (χ0v) is 17.1. The molecule has 1 aliphatic heterocycles. The highest BCUT2D eigenvalue weighted by Crippen LogP contribution is 2.29. The van der Waals surface area contributed by atoms with E-state index in [0.717, 1.165) is 0 Å². The Bertz CT molecular complexity index is 341. The highest BCUT2D eigenvalue weighted by Gasteiger charge is 2.48. The van der Waals surface area contributed by atoms with Crippen LogP contribution in [-0.4, -0.2) is 73.3 Å². The molecule has 22 heavy (non-hydrogen) atoms. The second-order valence-corrected chi connectivity index (χ2v) is 16.6. The SMILES string of the molecule is CO[C@H]1[C@H](O[Si](C)(C)C)[C@@H](CO[Si](C)(C)C)OC(O)[C@@H]1OC. The van der Waals surface area contributed by atoms with Gasteiger partial charge in [0, 0.05) is 14.2 Å². The maximum Gasteiger partial charge on any atom is 0.184 e. The van der Waals surface area contributed by atoms with Gasteiger partial charge in [-0.25, -0.2) is 0 Å². The minimum absolute atomic E-state index is 0.318. The molecule has 0 aromatic carbocycles. The van der Waals surface area contributed by atoms with Crippen LogP contribution in [0.25, 0.3) is 0 Å². The van der Waals surface area contributed by atoms with E-state index in [-0.39, 0.29) is 12.2 Å². The molecule has 0 aromatic heterocycles. The van der Waals surface area contributed by atoms with Gasteiger partial charge in [-0.3, -0.25) is 0 Å². The van der Waals surface area contributed by atoms with Crippen LogP contribution < -0.4 is 0 Å². The normalized spacial score (nSPS) is 34.0. The molecule has 0 aromatic rings. The second kappa shape index (κ2) is 7.84. The highest BCUT2D eigenvalue weighted by atomic mass is 28.4. The molecule has 1 fully saturated rings. The number of ether oxygens (including phenoxy) is 3. The smallest absolute Gasteiger partial charge is 0.184 e. The minimum atomic E-state index is -1.83. The largest absolute Gasteiger partial charge is 0.415 e. The predicted octanol–water partition coefficient (Wildman–Crippen LogP) is 1.81. The van der Waals surface area contributed by atoms with Crippen LogP contribution in [0.15, 0.2) is 0 Å². The van der Waals surface area contributed by atoms with Crippen LogP contribution in [0.3, 0.4) is 0 Å². The summed E-state index contributed by atoms with van der Waals surface area (Å²) in [5.74, 6) is 0. The van der Waals surface area contributed by atoms with Gasteiger partial charge >= 0.3 is 0 Å². The molecule has 1 saturated heterocycles. The molecule has 1 heterocycles. The van der Waals surface area contributed by atoms with Crippen LogP contribution in [0.1, 0.15) is 0 Å². The van der Waals surface area contributed by atoms with Crippen molar-refractivity contribution in [2.24, 2.45) is 0 Å². The average molecular weight is 353 g/mol. The summed E-state index contributed by atoms with van der Waals surface area (Å²) in [4.78, 5) is 0. The van der Waals surface area contributed by atoms with E-state index in [4.69, 9.17) is 23.1 Å². The molecule has 0 bridgehead atoms. The zero-order valence-electron chi connectivity index (χ0n) is 15.1. The van der Waals surface area contributed by atoms with Gasteiger partial charge < -0.3 is 28.2 Å². The summed E-state index contributed by atoms with van der Waals surface area (Å²) in [6.07, 6.45) is -2.71. The van der Waals surface area contributed by atoms with Crippen molar-refractivity contribution < 1.29 is 28.2 Å². The molecule has 132 valence electrons. The Kier molecular flexibility index (Phi) is 7.22. The fourth-order valence-electron chi connectivity index (χ4n) is 2.43. The number of methoxy groups -OCH3 is 2. The van der Waals surface area contributed by atoms with E-state index in [1.165, 1.54) is 7.11 Å². The van der Waals surface area contributed by atoms with Gasteiger partial charge in [-0.1, -0.05) is 0 Å². The van der Waals surface area contributed by atoms with Gasteiger partial charge in [-0.15, -0.1) is 0 Å². The Morgan fingerprint density at radius 3 is 1.82 bits per heavy atom. The van der Waals surface area contributed by atoms with Gasteiger partial charge in [0.15, 0.2) is 22.9 Å². The van der Waals surface area contributed by atoms with Gasteiger partial charge in [0.25, 0.3) is 0 Å². The molecular formula is C14H32O6Si2. The maximum atomic E-state index is 10.2. The molecular weight excluding hydrogens is 320 g/mol. The molecule has 8 heteroatoms.